The van der Waals surface area contributed by atoms with Crippen LogP contribution in [0.15, 0.2) is 46.4 Å². The van der Waals surface area contributed by atoms with Crippen LogP contribution in [0.1, 0.15) is 12.5 Å². The molecule has 9 heteroatoms. The first-order chi connectivity index (χ1) is 13.3. The number of benzene rings is 2. The van der Waals surface area contributed by atoms with Gasteiger partial charge < -0.3 is 9.84 Å². The number of ether oxygens (including phenoxy) is 1. The molecule has 2 N–H and O–H groups in total. The molecule has 0 radical (unpaired) electrons. The van der Waals surface area contributed by atoms with E-state index in [0.717, 1.165) is 0 Å². The number of phenols is 1. The van der Waals surface area contributed by atoms with E-state index in [0.29, 0.717) is 31.7 Å². The molecule has 0 aromatic heterocycles. The lowest BCUT2D eigenvalue weighted by Gasteiger charge is -2.29. The van der Waals surface area contributed by atoms with Gasteiger partial charge in [-0.15, -0.1) is 0 Å². The topological polar surface area (TPSA) is 78.9 Å². The first-order valence-corrected chi connectivity index (χ1v) is 10.4. The third-order valence-corrected chi connectivity index (χ3v) is 5.55. The summed E-state index contributed by atoms with van der Waals surface area (Å²) < 4.78 is 6.52. The molecular weight excluding hydrogens is 559 g/mol. The Balaban J connectivity index is 2.02. The van der Waals surface area contributed by atoms with E-state index in [1.54, 1.807) is 36.4 Å². The summed E-state index contributed by atoms with van der Waals surface area (Å²) >= 11 is 10.4. The van der Waals surface area contributed by atoms with Crippen LogP contribution in [0.4, 0.5) is 5.69 Å². The maximum absolute atomic E-state index is 13.1. The SMILES string of the molecule is CCOc1cccc(N2C(=O)/C(=C/c3cc(Br)c(O)c(I)c3)C(=O)NC2=S)c1. The monoisotopic (exact) mass is 572 g/mol. The molecule has 0 aliphatic carbocycles. The van der Waals surface area contributed by atoms with E-state index in [1.807, 2.05) is 29.5 Å². The first-order valence-electron chi connectivity index (χ1n) is 8.14. The summed E-state index contributed by atoms with van der Waals surface area (Å²) in [5.41, 5.74) is 1.01. The third kappa shape index (κ3) is 4.20. The largest absolute Gasteiger partial charge is 0.506 e. The molecule has 1 aliphatic heterocycles. The lowest BCUT2D eigenvalue weighted by molar-refractivity contribution is -0.122. The Hall–Kier alpha value is -1.98. The molecule has 1 aliphatic rings. The van der Waals surface area contributed by atoms with Gasteiger partial charge in [0.1, 0.15) is 17.1 Å². The van der Waals surface area contributed by atoms with Gasteiger partial charge in [0, 0.05) is 6.07 Å². The molecule has 0 unspecified atom stereocenters. The number of phenolic OH excluding ortho intramolecular Hbond substituents is 1. The molecule has 1 saturated heterocycles. The summed E-state index contributed by atoms with van der Waals surface area (Å²) in [6.07, 6.45) is 1.46. The van der Waals surface area contributed by atoms with Crippen molar-refractivity contribution in [3.63, 3.8) is 0 Å². The number of rotatable bonds is 4. The zero-order valence-corrected chi connectivity index (χ0v) is 19.1. The van der Waals surface area contributed by atoms with Crippen molar-refractivity contribution in [1.29, 1.82) is 0 Å². The van der Waals surface area contributed by atoms with Gasteiger partial charge in [0.15, 0.2) is 5.11 Å². The number of nitrogens with one attached hydrogen (secondary N) is 1. The lowest BCUT2D eigenvalue weighted by Crippen LogP contribution is -2.54. The van der Waals surface area contributed by atoms with Crippen molar-refractivity contribution in [2.75, 3.05) is 11.5 Å². The van der Waals surface area contributed by atoms with Crippen molar-refractivity contribution >= 4 is 79.4 Å². The summed E-state index contributed by atoms with van der Waals surface area (Å²) in [5, 5.41) is 12.4. The summed E-state index contributed by atoms with van der Waals surface area (Å²) in [4.78, 5) is 26.7. The fourth-order valence-electron chi connectivity index (χ4n) is 2.61. The van der Waals surface area contributed by atoms with Crippen LogP contribution in [0.25, 0.3) is 6.08 Å². The molecule has 0 bridgehead atoms. The molecule has 0 atom stereocenters. The number of thiocarbonyl (C=S) groups is 1. The van der Waals surface area contributed by atoms with Crippen LogP contribution in [-0.2, 0) is 9.59 Å². The van der Waals surface area contributed by atoms with Crippen molar-refractivity contribution < 1.29 is 19.4 Å². The summed E-state index contributed by atoms with van der Waals surface area (Å²) in [7, 11) is 0. The highest BCUT2D eigenvalue weighted by molar-refractivity contribution is 14.1. The fourth-order valence-corrected chi connectivity index (χ4v) is 4.39. The number of anilines is 1. The van der Waals surface area contributed by atoms with E-state index in [9.17, 15) is 14.7 Å². The van der Waals surface area contributed by atoms with Crippen LogP contribution in [0.3, 0.4) is 0 Å². The van der Waals surface area contributed by atoms with Crippen LogP contribution < -0.4 is 15.0 Å². The van der Waals surface area contributed by atoms with E-state index in [4.69, 9.17) is 17.0 Å². The standard InChI is InChI=1S/C19H14BrIN2O4S/c1-2-27-12-5-3-4-11(9-12)23-18(26)13(17(25)22-19(23)28)6-10-7-14(20)16(24)15(21)8-10/h3-9,24H,2H2,1H3,(H,22,25,28)/b13-6+. The Labute approximate surface area is 188 Å². The van der Waals surface area contributed by atoms with Gasteiger partial charge in [-0.25, -0.2) is 0 Å². The van der Waals surface area contributed by atoms with Gasteiger partial charge in [-0.05, 0) is 93.6 Å². The number of amides is 2. The molecule has 2 amide bonds. The Morgan fingerprint density at radius 2 is 2.07 bits per heavy atom. The zero-order valence-electron chi connectivity index (χ0n) is 14.5. The average Bonchev–Trinajstić information content (AvgIpc) is 2.63. The molecule has 1 heterocycles. The van der Waals surface area contributed by atoms with Gasteiger partial charge in [0.05, 0.1) is 20.3 Å². The highest BCUT2D eigenvalue weighted by Gasteiger charge is 2.34. The van der Waals surface area contributed by atoms with Crippen molar-refractivity contribution in [1.82, 2.24) is 5.32 Å². The zero-order chi connectivity index (χ0) is 20.4. The minimum absolute atomic E-state index is 0.00210. The predicted molar refractivity (Wildman–Crippen MR) is 122 cm³/mol. The molecule has 3 rings (SSSR count). The number of aromatic hydroxyl groups is 1. The molecule has 0 saturated carbocycles. The van der Waals surface area contributed by atoms with E-state index < -0.39 is 11.8 Å². The third-order valence-electron chi connectivity index (χ3n) is 3.84. The normalized spacial score (nSPS) is 15.8. The minimum Gasteiger partial charge on any atom is -0.506 e. The van der Waals surface area contributed by atoms with E-state index in [2.05, 4.69) is 21.2 Å². The molecule has 2 aromatic carbocycles. The minimum atomic E-state index is -0.577. The average molecular weight is 573 g/mol. The number of hydrogen-bond donors (Lipinski definition) is 2. The van der Waals surface area contributed by atoms with Gasteiger partial charge in [-0.2, -0.15) is 0 Å². The molecule has 144 valence electrons. The maximum Gasteiger partial charge on any atom is 0.270 e. The molecule has 28 heavy (non-hydrogen) atoms. The second-order valence-electron chi connectivity index (χ2n) is 5.72. The van der Waals surface area contributed by atoms with Crippen LogP contribution in [0.2, 0.25) is 0 Å². The first kappa shape index (κ1) is 20.7. The van der Waals surface area contributed by atoms with Crippen molar-refractivity contribution in [2.24, 2.45) is 0 Å². The number of carbonyl (C=O) groups excluding carboxylic acids is 2. The Morgan fingerprint density at radius 1 is 1.32 bits per heavy atom. The van der Waals surface area contributed by atoms with Gasteiger partial charge in [0.2, 0.25) is 0 Å². The molecular formula is C19H14BrIN2O4S. The molecule has 6 nitrogen and oxygen atoms in total. The van der Waals surface area contributed by atoms with Gasteiger partial charge >= 0.3 is 0 Å². The highest BCUT2D eigenvalue weighted by atomic mass is 127. The van der Waals surface area contributed by atoms with Gasteiger partial charge in [-0.1, -0.05) is 6.07 Å². The highest BCUT2D eigenvalue weighted by Crippen LogP contribution is 2.32. The Morgan fingerprint density at radius 3 is 2.75 bits per heavy atom. The van der Waals surface area contributed by atoms with Crippen molar-refractivity contribution in [3.05, 3.63) is 55.6 Å². The fraction of sp³-hybridized carbons (Fsp3) is 0.105. The summed E-state index contributed by atoms with van der Waals surface area (Å²) in [6, 6.07) is 10.2. The lowest BCUT2D eigenvalue weighted by atomic mass is 10.1. The summed E-state index contributed by atoms with van der Waals surface area (Å²) in [6.45, 7) is 2.35. The van der Waals surface area contributed by atoms with Crippen molar-refractivity contribution in [3.8, 4) is 11.5 Å². The molecule has 2 aromatic rings. The van der Waals surface area contributed by atoms with E-state index in [-0.39, 0.29) is 16.4 Å². The predicted octanol–water partition coefficient (Wildman–Crippen LogP) is 3.99. The van der Waals surface area contributed by atoms with Crippen LogP contribution in [-0.4, -0.2) is 28.6 Å². The molecule has 1 fully saturated rings. The van der Waals surface area contributed by atoms with E-state index >= 15 is 0 Å². The summed E-state index contributed by atoms with van der Waals surface area (Å²) in [5.74, 6) is -0.430. The van der Waals surface area contributed by atoms with E-state index in [1.165, 1.54) is 11.0 Å². The second kappa shape index (κ2) is 8.58. The van der Waals surface area contributed by atoms with Crippen LogP contribution >= 0.6 is 50.7 Å². The van der Waals surface area contributed by atoms with Crippen LogP contribution in [0.5, 0.6) is 11.5 Å². The molecule has 0 spiro atoms. The quantitative estimate of drug-likeness (QED) is 0.251. The van der Waals surface area contributed by atoms with Crippen LogP contribution in [0, 0.1) is 3.57 Å². The number of halogens is 2. The van der Waals surface area contributed by atoms with Gasteiger partial charge in [0.25, 0.3) is 11.8 Å². The van der Waals surface area contributed by atoms with Gasteiger partial charge in [-0.3, -0.25) is 19.8 Å². The smallest absolute Gasteiger partial charge is 0.270 e. The van der Waals surface area contributed by atoms with Crippen molar-refractivity contribution in [2.45, 2.75) is 6.92 Å². The maximum atomic E-state index is 13.1. The Bertz CT molecular complexity index is 1000. The Kier molecular flexibility index (Phi) is 6.36. The second-order valence-corrected chi connectivity index (χ2v) is 8.12. The number of carbonyl (C=O) groups is 2. The number of hydrogen-bond acceptors (Lipinski definition) is 5. The number of nitrogens with zero attached hydrogens (tertiary/aromatic N) is 1.